The van der Waals surface area contributed by atoms with E-state index < -0.39 is 105 Å². The number of aliphatic hydroxyl groups is 4. The van der Waals surface area contributed by atoms with Crippen molar-refractivity contribution < 1.29 is 65.0 Å². The maximum absolute atomic E-state index is 12.8. The van der Waals surface area contributed by atoms with Gasteiger partial charge in [-0.3, -0.25) is 4.79 Å². The van der Waals surface area contributed by atoms with E-state index in [1.54, 1.807) is 0 Å². The molecule has 10 N–H and O–H groups in total. The summed E-state index contributed by atoms with van der Waals surface area (Å²) in [5.74, 6) is -6.64. The van der Waals surface area contributed by atoms with Crippen LogP contribution in [0.15, 0.2) is 27.4 Å². The molecule has 2 aromatic carbocycles. The third-order valence-electron chi connectivity index (χ3n) is 5.49. The SMILES string of the molecule is O=c1c(O)c(-c2cc(O)c(O)cc2O)oc2cc(O)c(O[C@@H]3O[C@H](CO)[C@@H](O)[C@H](O)[C@H]3O)c(O)c12. The number of ether oxygens (including phenoxy) is 2. The summed E-state index contributed by atoms with van der Waals surface area (Å²) in [6.45, 7) is -0.777. The second-order valence-electron chi connectivity index (χ2n) is 7.73. The van der Waals surface area contributed by atoms with Gasteiger partial charge in [-0.1, -0.05) is 0 Å². The van der Waals surface area contributed by atoms with Crippen LogP contribution >= 0.6 is 0 Å². The van der Waals surface area contributed by atoms with Gasteiger partial charge in [-0.05, 0) is 6.07 Å². The lowest BCUT2D eigenvalue weighted by Crippen LogP contribution is -2.60. The molecule has 0 spiro atoms. The van der Waals surface area contributed by atoms with Crippen molar-refractivity contribution in [3.05, 3.63) is 28.4 Å². The second-order valence-corrected chi connectivity index (χ2v) is 7.73. The Kier molecular flexibility index (Phi) is 6.00. The molecule has 0 radical (unpaired) electrons. The molecule has 1 fully saturated rings. The third-order valence-corrected chi connectivity index (χ3v) is 5.49. The highest BCUT2D eigenvalue weighted by Gasteiger charge is 2.45. The van der Waals surface area contributed by atoms with Crippen molar-refractivity contribution in [2.24, 2.45) is 0 Å². The molecule has 0 amide bonds. The molecule has 4 rings (SSSR count). The van der Waals surface area contributed by atoms with Crippen LogP contribution in [0.25, 0.3) is 22.3 Å². The first-order valence-electron chi connectivity index (χ1n) is 9.93. The van der Waals surface area contributed by atoms with Gasteiger partial charge in [0.2, 0.25) is 23.2 Å². The lowest BCUT2D eigenvalue weighted by Gasteiger charge is -2.39. The van der Waals surface area contributed by atoms with E-state index in [1.165, 1.54) is 0 Å². The van der Waals surface area contributed by atoms with E-state index in [9.17, 15) is 55.9 Å². The minimum atomic E-state index is -1.90. The van der Waals surface area contributed by atoms with Gasteiger partial charge in [0.15, 0.2) is 28.8 Å². The van der Waals surface area contributed by atoms with Crippen LogP contribution in [0.5, 0.6) is 40.2 Å². The molecular weight excluding hydrogens is 476 g/mol. The van der Waals surface area contributed by atoms with E-state index in [1.807, 2.05) is 0 Å². The maximum Gasteiger partial charge on any atom is 0.238 e. The fraction of sp³-hybridized carbons (Fsp3) is 0.286. The molecule has 1 saturated heterocycles. The standard InChI is InChI=1S/C21H20O14/c22-4-11-13(27)16(30)18(32)21(34-11)35-20-9(26)3-10-12(15(20)29)14(28)17(31)19(33-10)5-1-7(24)8(25)2-6(5)23/h1-3,11,13,16,18,21-27,29-32H,4H2/t11-,13-,16+,18-,21+/m1/s1. The molecule has 35 heavy (non-hydrogen) atoms. The minimum Gasteiger partial charge on any atom is -0.507 e. The highest BCUT2D eigenvalue weighted by atomic mass is 16.7. The molecule has 0 unspecified atom stereocenters. The van der Waals surface area contributed by atoms with Crippen molar-refractivity contribution >= 4 is 11.0 Å². The van der Waals surface area contributed by atoms with Crippen LogP contribution in [0.2, 0.25) is 0 Å². The van der Waals surface area contributed by atoms with Crippen molar-refractivity contribution in [3.8, 4) is 51.6 Å². The van der Waals surface area contributed by atoms with Gasteiger partial charge in [0.05, 0.1) is 12.2 Å². The van der Waals surface area contributed by atoms with Crippen LogP contribution in [-0.4, -0.2) is 88.4 Å². The molecule has 1 aliphatic heterocycles. The Bertz CT molecular complexity index is 1350. The predicted molar refractivity (Wildman–Crippen MR) is 112 cm³/mol. The van der Waals surface area contributed by atoms with Gasteiger partial charge in [0.1, 0.15) is 41.1 Å². The number of phenols is 5. The number of fused-ring (bicyclic) bond motifs is 1. The monoisotopic (exact) mass is 496 g/mol. The van der Waals surface area contributed by atoms with Crippen molar-refractivity contribution in [2.75, 3.05) is 6.61 Å². The van der Waals surface area contributed by atoms with E-state index in [0.29, 0.717) is 0 Å². The summed E-state index contributed by atoms with van der Waals surface area (Å²) in [4.78, 5) is 12.8. The van der Waals surface area contributed by atoms with E-state index in [-0.39, 0.29) is 0 Å². The first-order valence-corrected chi connectivity index (χ1v) is 9.93. The van der Waals surface area contributed by atoms with Crippen LogP contribution in [0, 0.1) is 0 Å². The molecule has 5 atom stereocenters. The van der Waals surface area contributed by atoms with Gasteiger partial charge >= 0.3 is 0 Å². The van der Waals surface area contributed by atoms with E-state index >= 15 is 0 Å². The Morgan fingerprint density at radius 2 is 1.46 bits per heavy atom. The van der Waals surface area contributed by atoms with Gasteiger partial charge in [-0.2, -0.15) is 0 Å². The van der Waals surface area contributed by atoms with Gasteiger partial charge in [0.25, 0.3) is 0 Å². The zero-order chi connectivity index (χ0) is 25.8. The number of aliphatic hydroxyl groups excluding tert-OH is 4. The molecule has 0 aliphatic carbocycles. The Morgan fingerprint density at radius 3 is 2.11 bits per heavy atom. The fourth-order valence-corrected chi connectivity index (χ4v) is 3.62. The number of hydrogen-bond acceptors (Lipinski definition) is 14. The summed E-state index contributed by atoms with van der Waals surface area (Å²) in [7, 11) is 0. The smallest absolute Gasteiger partial charge is 0.238 e. The highest BCUT2D eigenvalue weighted by Crippen LogP contribution is 2.46. The van der Waals surface area contributed by atoms with E-state index in [0.717, 1.165) is 18.2 Å². The third kappa shape index (κ3) is 3.88. The summed E-state index contributed by atoms with van der Waals surface area (Å²) in [6.07, 6.45) is -8.63. The number of rotatable bonds is 4. The van der Waals surface area contributed by atoms with Crippen molar-refractivity contribution in [3.63, 3.8) is 0 Å². The normalized spacial score (nSPS) is 24.5. The zero-order valence-electron chi connectivity index (χ0n) is 17.4. The second kappa shape index (κ2) is 8.68. The van der Waals surface area contributed by atoms with Gasteiger partial charge < -0.3 is 65.0 Å². The summed E-state index contributed by atoms with van der Waals surface area (Å²) >= 11 is 0. The summed E-state index contributed by atoms with van der Waals surface area (Å²) in [5.41, 5.74) is -2.17. The van der Waals surface area contributed by atoms with Crippen molar-refractivity contribution in [1.82, 2.24) is 0 Å². The lowest BCUT2D eigenvalue weighted by molar-refractivity contribution is -0.277. The predicted octanol–water partition coefficient (Wildman–Crippen LogP) is -1.13. The quantitative estimate of drug-likeness (QED) is 0.152. The molecular formula is C21H20O14. The van der Waals surface area contributed by atoms with Gasteiger partial charge in [-0.15, -0.1) is 0 Å². The molecule has 0 saturated carbocycles. The fourth-order valence-electron chi connectivity index (χ4n) is 3.62. The number of benzene rings is 2. The number of hydrogen-bond donors (Lipinski definition) is 10. The summed E-state index contributed by atoms with van der Waals surface area (Å²) in [5, 5.41) is 99.0. The van der Waals surface area contributed by atoms with E-state index in [4.69, 9.17) is 13.9 Å². The topological polar surface area (TPSA) is 251 Å². The lowest BCUT2D eigenvalue weighted by atomic mass is 9.99. The van der Waals surface area contributed by atoms with Crippen LogP contribution in [0.1, 0.15) is 0 Å². The van der Waals surface area contributed by atoms with Crippen molar-refractivity contribution in [2.45, 2.75) is 30.7 Å². The Hall–Kier alpha value is -3.95. The Morgan fingerprint density at radius 1 is 0.800 bits per heavy atom. The number of aromatic hydroxyl groups is 6. The Labute approximate surface area is 193 Å². The van der Waals surface area contributed by atoms with Crippen LogP contribution in [-0.2, 0) is 4.74 Å². The first kappa shape index (κ1) is 24.2. The molecule has 1 aromatic heterocycles. The van der Waals surface area contributed by atoms with Crippen LogP contribution in [0.3, 0.4) is 0 Å². The Balaban J connectivity index is 1.82. The molecule has 2 heterocycles. The first-order chi connectivity index (χ1) is 16.5. The molecule has 14 heteroatoms. The maximum atomic E-state index is 12.8. The number of phenolic OH excluding ortho intramolecular Hbond substituents is 5. The summed E-state index contributed by atoms with van der Waals surface area (Å²) < 4.78 is 15.7. The van der Waals surface area contributed by atoms with E-state index in [2.05, 4.69) is 0 Å². The minimum absolute atomic E-state index is 0.405. The molecule has 3 aromatic rings. The molecule has 1 aliphatic rings. The van der Waals surface area contributed by atoms with Gasteiger partial charge in [-0.25, -0.2) is 0 Å². The zero-order valence-corrected chi connectivity index (χ0v) is 17.4. The average Bonchev–Trinajstić information content (AvgIpc) is 2.81. The van der Waals surface area contributed by atoms with Gasteiger partial charge in [0, 0.05) is 12.1 Å². The highest BCUT2D eigenvalue weighted by molar-refractivity contribution is 5.91. The molecule has 0 bridgehead atoms. The average molecular weight is 496 g/mol. The van der Waals surface area contributed by atoms with Crippen LogP contribution in [0.4, 0.5) is 0 Å². The molecule has 14 nitrogen and oxygen atoms in total. The summed E-state index contributed by atoms with van der Waals surface area (Å²) in [6, 6.07) is 2.31. The molecule has 188 valence electrons. The van der Waals surface area contributed by atoms with Crippen LogP contribution < -0.4 is 10.2 Å². The largest absolute Gasteiger partial charge is 0.507 e. The van der Waals surface area contributed by atoms with Crippen molar-refractivity contribution in [1.29, 1.82) is 0 Å².